The second-order valence-corrected chi connectivity index (χ2v) is 5.52. The summed E-state index contributed by atoms with van der Waals surface area (Å²) < 4.78 is 10.1. The van der Waals surface area contributed by atoms with Crippen molar-refractivity contribution in [2.45, 2.75) is 32.4 Å². The molecular weight excluding hydrogens is 276 g/mol. The van der Waals surface area contributed by atoms with Crippen molar-refractivity contribution >= 4 is 17.3 Å². The maximum Gasteiger partial charge on any atom is 0.341 e. The molecule has 0 aliphatic rings. The molecule has 2 heterocycles. The Morgan fingerprint density at radius 2 is 2.40 bits per heavy atom. The van der Waals surface area contributed by atoms with Crippen LogP contribution in [-0.2, 0) is 16.8 Å². The monoisotopic (exact) mass is 294 g/mol. The number of nitrogens with zero attached hydrogens (tertiary/aromatic N) is 1. The Morgan fingerprint density at radius 1 is 1.60 bits per heavy atom. The molecule has 0 unspecified atom stereocenters. The van der Waals surface area contributed by atoms with Gasteiger partial charge in [-0.15, -0.1) is 11.3 Å². The average Bonchev–Trinajstić information content (AvgIpc) is 3.14. The molecule has 2 aromatic heterocycles. The normalized spacial score (nSPS) is 13.9. The Hall–Kier alpha value is -1.66. The predicted octanol–water partition coefficient (Wildman–Crippen LogP) is 2.94. The Labute approximate surface area is 122 Å². The van der Waals surface area contributed by atoms with Crippen LogP contribution in [0, 0.1) is 0 Å². The molecule has 1 N–H and O–H groups in total. The number of carbonyl (C=O) groups excluding carboxylic acids is 1. The Balaban J connectivity index is 2.12. The van der Waals surface area contributed by atoms with Gasteiger partial charge in [0.2, 0.25) is 0 Å². The zero-order chi connectivity index (χ0) is 14.6. The summed E-state index contributed by atoms with van der Waals surface area (Å²) in [5.41, 5.74) is 0.214. The highest BCUT2D eigenvalue weighted by Crippen LogP contribution is 2.27. The standard InChI is InChI=1S/C14H18N2O3S/c1-4-14(2,13-15-6-8-20-13)16-9-11-10(5-7-19-11)12(17)18-3/h5-8,16H,4,9H2,1-3H3/t14-/m1/s1. The summed E-state index contributed by atoms with van der Waals surface area (Å²) in [7, 11) is 1.36. The highest BCUT2D eigenvalue weighted by molar-refractivity contribution is 7.09. The summed E-state index contributed by atoms with van der Waals surface area (Å²) in [5.74, 6) is 0.191. The number of hydrogen-bond donors (Lipinski definition) is 1. The lowest BCUT2D eigenvalue weighted by molar-refractivity contribution is 0.0597. The zero-order valence-electron chi connectivity index (χ0n) is 11.8. The molecule has 0 aliphatic heterocycles. The molecule has 108 valence electrons. The van der Waals surface area contributed by atoms with E-state index < -0.39 is 0 Å². The van der Waals surface area contributed by atoms with E-state index >= 15 is 0 Å². The van der Waals surface area contributed by atoms with Crippen LogP contribution in [0.3, 0.4) is 0 Å². The molecule has 0 spiro atoms. The van der Waals surface area contributed by atoms with E-state index in [1.54, 1.807) is 23.6 Å². The predicted molar refractivity (Wildman–Crippen MR) is 76.6 cm³/mol. The number of carbonyl (C=O) groups is 1. The first-order valence-corrected chi connectivity index (χ1v) is 7.28. The summed E-state index contributed by atoms with van der Waals surface area (Å²) >= 11 is 1.61. The van der Waals surface area contributed by atoms with Crippen LogP contribution < -0.4 is 5.32 Å². The number of ether oxygens (including phenoxy) is 1. The third-order valence-corrected chi connectivity index (χ3v) is 4.44. The number of thiazole rings is 1. The van der Waals surface area contributed by atoms with Gasteiger partial charge in [-0.3, -0.25) is 5.32 Å². The fourth-order valence-electron chi connectivity index (χ4n) is 1.89. The molecule has 0 radical (unpaired) electrons. The van der Waals surface area contributed by atoms with E-state index in [-0.39, 0.29) is 11.5 Å². The molecule has 0 saturated carbocycles. The first kappa shape index (κ1) is 14.7. The van der Waals surface area contributed by atoms with Gasteiger partial charge in [-0.2, -0.15) is 0 Å². The van der Waals surface area contributed by atoms with Gasteiger partial charge in [-0.25, -0.2) is 9.78 Å². The van der Waals surface area contributed by atoms with E-state index in [4.69, 9.17) is 9.15 Å². The van der Waals surface area contributed by atoms with Crippen LogP contribution in [0.15, 0.2) is 28.3 Å². The summed E-state index contributed by atoms with van der Waals surface area (Å²) in [6, 6.07) is 1.62. The number of hydrogen-bond acceptors (Lipinski definition) is 6. The van der Waals surface area contributed by atoms with Gasteiger partial charge < -0.3 is 9.15 Å². The third-order valence-electron chi connectivity index (χ3n) is 3.40. The van der Waals surface area contributed by atoms with Crippen LogP contribution in [0.5, 0.6) is 0 Å². The van der Waals surface area contributed by atoms with Crippen LogP contribution in [-0.4, -0.2) is 18.1 Å². The lowest BCUT2D eigenvalue weighted by atomic mass is 9.99. The van der Waals surface area contributed by atoms with Crippen LogP contribution >= 0.6 is 11.3 Å². The molecule has 2 rings (SSSR count). The van der Waals surface area contributed by atoms with Crippen molar-refractivity contribution in [2.24, 2.45) is 0 Å². The summed E-state index contributed by atoms with van der Waals surface area (Å²) in [4.78, 5) is 16.0. The van der Waals surface area contributed by atoms with Crippen LogP contribution in [0.25, 0.3) is 0 Å². The SMILES string of the molecule is CC[C@@](C)(NCc1occc1C(=O)OC)c1nccs1. The molecule has 0 saturated heterocycles. The molecule has 1 atom stereocenters. The number of nitrogens with one attached hydrogen (secondary N) is 1. The molecular formula is C14H18N2O3S. The average molecular weight is 294 g/mol. The summed E-state index contributed by atoms with van der Waals surface area (Å²) in [6.07, 6.45) is 4.17. The molecule has 0 fully saturated rings. The van der Waals surface area contributed by atoms with E-state index in [0.29, 0.717) is 17.9 Å². The minimum Gasteiger partial charge on any atom is -0.467 e. The van der Waals surface area contributed by atoms with Gasteiger partial charge in [0.15, 0.2) is 0 Å². The Morgan fingerprint density at radius 3 is 3.00 bits per heavy atom. The third kappa shape index (κ3) is 2.91. The fraction of sp³-hybridized carbons (Fsp3) is 0.429. The van der Waals surface area contributed by atoms with Gasteiger partial charge >= 0.3 is 5.97 Å². The van der Waals surface area contributed by atoms with E-state index in [1.807, 2.05) is 5.38 Å². The topological polar surface area (TPSA) is 64.4 Å². The molecule has 20 heavy (non-hydrogen) atoms. The van der Waals surface area contributed by atoms with Crippen molar-refractivity contribution < 1.29 is 13.9 Å². The zero-order valence-corrected chi connectivity index (χ0v) is 12.6. The van der Waals surface area contributed by atoms with E-state index in [9.17, 15) is 4.79 Å². The maximum atomic E-state index is 11.6. The largest absolute Gasteiger partial charge is 0.467 e. The molecule has 6 heteroatoms. The second kappa shape index (κ2) is 6.19. The molecule has 5 nitrogen and oxygen atoms in total. The van der Waals surface area contributed by atoms with Crippen molar-refractivity contribution in [1.82, 2.24) is 10.3 Å². The molecule has 0 aliphatic carbocycles. The van der Waals surface area contributed by atoms with Crippen molar-refractivity contribution in [3.05, 3.63) is 40.2 Å². The van der Waals surface area contributed by atoms with Crippen molar-refractivity contribution in [1.29, 1.82) is 0 Å². The maximum absolute atomic E-state index is 11.6. The summed E-state index contributed by atoms with van der Waals surface area (Å²) in [5, 5.41) is 6.39. The highest BCUT2D eigenvalue weighted by atomic mass is 32.1. The fourth-order valence-corrected chi connectivity index (χ4v) is 2.74. The van der Waals surface area contributed by atoms with Gasteiger partial charge in [0.05, 0.1) is 25.5 Å². The minimum atomic E-state index is -0.386. The van der Waals surface area contributed by atoms with Crippen molar-refractivity contribution in [3.8, 4) is 0 Å². The first-order chi connectivity index (χ1) is 9.60. The number of rotatable bonds is 6. The molecule has 0 aromatic carbocycles. The van der Waals surface area contributed by atoms with E-state index in [2.05, 4.69) is 24.1 Å². The van der Waals surface area contributed by atoms with Gasteiger partial charge in [-0.1, -0.05) is 6.92 Å². The van der Waals surface area contributed by atoms with Crippen LogP contribution in [0.4, 0.5) is 0 Å². The molecule has 2 aromatic rings. The molecule has 0 amide bonds. The minimum absolute atomic E-state index is 0.242. The smallest absolute Gasteiger partial charge is 0.341 e. The van der Waals surface area contributed by atoms with Crippen LogP contribution in [0.2, 0.25) is 0 Å². The van der Waals surface area contributed by atoms with Gasteiger partial charge in [0.25, 0.3) is 0 Å². The second-order valence-electron chi connectivity index (χ2n) is 4.63. The first-order valence-electron chi connectivity index (χ1n) is 6.40. The lowest BCUT2D eigenvalue weighted by Crippen LogP contribution is -2.38. The highest BCUT2D eigenvalue weighted by Gasteiger charge is 2.27. The van der Waals surface area contributed by atoms with Gasteiger partial charge in [-0.05, 0) is 19.4 Å². The van der Waals surface area contributed by atoms with E-state index in [1.165, 1.54) is 13.4 Å². The molecule has 0 bridgehead atoms. The van der Waals surface area contributed by atoms with E-state index in [0.717, 1.165) is 11.4 Å². The van der Waals surface area contributed by atoms with Gasteiger partial charge in [0.1, 0.15) is 16.3 Å². The van der Waals surface area contributed by atoms with Crippen molar-refractivity contribution in [2.75, 3.05) is 7.11 Å². The summed E-state index contributed by atoms with van der Waals surface area (Å²) in [6.45, 7) is 4.63. The Bertz CT molecular complexity index is 565. The number of esters is 1. The van der Waals surface area contributed by atoms with Crippen molar-refractivity contribution in [3.63, 3.8) is 0 Å². The number of aromatic nitrogens is 1. The quantitative estimate of drug-likeness (QED) is 0.830. The Kier molecular flexibility index (Phi) is 4.57. The number of furan rings is 1. The lowest BCUT2D eigenvalue weighted by Gasteiger charge is -2.27. The van der Waals surface area contributed by atoms with Gasteiger partial charge in [0, 0.05) is 11.6 Å². The van der Waals surface area contributed by atoms with Crippen LogP contribution in [0.1, 0.15) is 41.4 Å². The number of methoxy groups -OCH3 is 1.